The van der Waals surface area contributed by atoms with Gasteiger partial charge in [0.1, 0.15) is 5.69 Å². The molecule has 0 saturated carbocycles. The number of halogens is 3. The van der Waals surface area contributed by atoms with E-state index in [1.54, 1.807) is 38.2 Å². The van der Waals surface area contributed by atoms with E-state index in [4.69, 9.17) is 0 Å². The van der Waals surface area contributed by atoms with Gasteiger partial charge in [-0.25, -0.2) is 4.98 Å². The van der Waals surface area contributed by atoms with E-state index in [-0.39, 0.29) is 5.56 Å². The van der Waals surface area contributed by atoms with Crippen LogP contribution >= 0.6 is 0 Å². The minimum Gasteiger partial charge on any atom is -0.308 e. The fourth-order valence-corrected chi connectivity index (χ4v) is 2.52. The summed E-state index contributed by atoms with van der Waals surface area (Å²) in [5.41, 5.74) is 1.70. The first-order valence-corrected chi connectivity index (χ1v) is 6.92. The van der Waals surface area contributed by atoms with Gasteiger partial charge >= 0.3 is 6.18 Å². The lowest BCUT2D eigenvalue weighted by Crippen LogP contribution is -2.21. The Morgan fingerprint density at radius 3 is 2.43 bits per heavy atom. The molecule has 1 aromatic heterocycles. The molecule has 0 saturated heterocycles. The molecular weight excluding hydrogens is 305 g/mol. The quantitative estimate of drug-likeness (QED) is 0.681. The Hall–Kier alpha value is -2.63. The average molecular weight is 318 g/mol. The van der Waals surface area contributed by atoms with E-state index in [1.807, 2.05) is 0 Å². The number of benzene rings is 2. The number of rotatable bonds is 1. The smallest absolute Gasteiger partial charge is 0.308 e. The Morgan fingerprint density at radius 2 is 1.74 bits per heavy atom. The van der Waals surface area contributed by atoms with Crippen molar-refractivity contribution in [1.82, 2.24) is 9.55 Å². The summed E-state index contributed by atoms with van der Waals surface area (Å²) in [7, 11) is 1.62. The molecule has 0 bridgehead atoms. The van der Waals surface area contributed by atoms with Crippen LogP contribution in [0.3, 0.4) is 0 Å². The number of alkyl halides is 3. The second kappa shape index (κ2) is 5.22. The van der Waals surface area contributed by atoms with E-state index in [0.717, 1.165) is 12.1 Å². The van der Waals surface area contributed by atoms with Crippen LogP contribution in [0.4, 0.5) is 13.2 Å². The molecule has 0 aliphatic rings. The summed E-state index contributed by atoms with van der Waals surface area (Å²) in [6, 6.07) is 10.2. The third-order valence-electron chi connectivity index (χ3n) is 3.76. The highest BCUT2D eigenvalue weighted by Gasteiger charge is 2.30. The molecule has 3 rings (SSSR count). The lowest BCUT2D eigenvalue weighted by atomic mass is 10.0. The van der Waals surface area contributed by atoms with Crippen molar-refractivity contribution in [2.75, 3.05) is 0 Å². The molecule has 23 heavy (non-hydrogen) atoms. The molecule has 0 aliphatic carbocycles. The van der Waals surface area contributed by atoms with Crippen molar-refractivity contribution in [3.63, 3.8) is 0 Å². The van der Waals surface area contributed by atoms with Gasteiger partial charge in [0.2, 0.25) is 0 Å². The Kier molecular flexibility index (Phi) is 3.47. The molecule has 3 aromatic rings. The van der Waals surface area contributed by atoms with Crippen molar-refractivity contribution in [3.05, 3.63) is 64.1 Å². The maximum Gasteiger partial charge on any atom is 0.416 e. The second-order valence-corrected chi connectivity index (χ2v) is 5.34. The number of fused-ring (bicyclic) bond motifs is 1. The Labute approximate surface area is 130 Å². The van der Waals surface area contributed by atoms with Gasteiger partial charge in [-0.2, -0.15) is 13.2 Å². The SMILES string of the molecule is Cc1nc2ccc(-c3cccc(C(F)(F)F)c3)cc2n(C)c1=O. The molecule has 0 N–H and O–H groups in total. The van der Waals surface area contributed by atoms with Crippen LogP contribution in [0.5, 0.6) is 0 Å². The van der Waals surface area contributed by atoms with Crippen molar-refractivity contribution >= 4 is 11.0 Å². The third-order valence-corrected chi connectivity index (χ3v) is 3.76. The largest absolute Gasteiger partial charge is 0.416 e. The van der Waals surface area contributed by atoms with Crippen LogP contribution in [0.1, 0.15) is 11.3 Å². The summed E-state index contributed by atoms with van der Waals surface area (Å²) in [6.45, 7) is 1.63. The van der Waals surface area contributed by atoms with Crippen molar-refractivity contribution in [2.45, 2.75) is 13.1 Å². The van der Waals surface area contributed by atoms with Gasteiger partial charge in [-0.3, -0.25) is 4.79 Å². The van der Waals surface area contributed by atoms with Crippen LogP contribution < -0.4 is 5.56 Å². The highest BCUT2D eigenvalue weighted by molar-refractivity contribution is 5.82. The summed E-state index contributed by atoms with van der Waals surface area (Å²) < 4.78 is 40.0. The fraction of sp³-hybridized carbons (Fsp3) is 0.176. The molecule has 0 unspecified atom stereocenters. The molecule has 2 aromatic carbocycles. The first-order chi connectivity index (χ1) is 10.8. The Balaban J connectivity index is 2.20. The summed E-state index contributed by atoms with van der Waals surface area (Å²) in [4.78, 5) is 16.2. The molecule has 0 amide bonds. The normalized spacial score (nSPS) is 11.9. The maximum absolute atomic E-state index is 12.8. The van der Waals surface area contributed by atoms with Crippen LogP contribution in [-0.4, -0.2) is 9.55 Å². The molecule has 0 aliphatic heterocycles. The Morgan fingerprint density at radius 1 is 1.04 bits per heavy atom. The summed E-state index contributed by atoms with van der Waals surface area (Å²) >= 11 is 0. The molecule has 0 radical (unpaired) electrons. The zero-order valence-electron chi connectivity index (χ0n) is 12.5. The monoisotopic (exact) mass is 318 g/mol. The number of hydrogen-bond acceptors (Lipinski definition) is 2. The number of nitrogens with zero attached hydrogens (tertiary/aromatic N) is 2. The van der Waals surface area contributed by atoms with E-state index < -0.39 is 11.7 Å². The first kappa shape index (κ1) is 15.3. The van der Waals surface area contributed by atoms with Crippen molar-refractivity contribution in [2.24, 2.45) is 7.05 Å². The number of aryl methyl sites for hydroxylation is 2. The van der Waals surface area contributed by atoms with E-state index in [9.17, 15) is 18.0 Å². The lowest BCUT2D eigenvalue weighted by molar-refractivity contribution is -0.137. The molecule has 6 heteroatoms. The molecule has 1 heterocycles. The number of aromatic nitrogens is 2. The zero-order valence-corrected chi connectivity index (χ0v) is 12.5. The molecule has 3 nitrogen and oxygen atoms in total. The lowest BCUT2D eigenvalue weighted by Gasteiger charge is -2.11. The van der Waals surface area contributed by atoms with Crippen LogP contribution in [0.2, 0.25) is 0 Å². The summed E-state index contributed by atoms with van der Waals surface area (Å²) in [5.74, 6) is 0. The Bertz CT molecular complexity index is 958. The second-order valence-electron chi connectivity index (χ2n) is 5.34. The number of hydrogen-bond donors (Lipinski definition) is 0. The summed E-state index contributed by atoms with van der Waals surface area (Å²) in [5, 5.41) is 0. The van der Waals surface area contributed by atoms with E-state index in [1.165, 1.54) is 10.6 Å². The fourth-order valence-electron chi connectivity index (χ4n) is 2.52. The highest BCUT2D eigenvalue weighted by Crippen LogP contribution is 2.32. The zero-order chi connectivity index (χ0) is 16.8. The van der Waals surface area contributed by atoms with Crippen LogP contribution in [-0.2, 0) is 13.2 Å². The molecule has 0 atom stereocenters. The minimum absolute atomic E-state index is 0.223. The van der Waals surface area contributed by atoms with Gasteiger partial charge < -0.3 is 4.57 Å². The van der Waals surface area contributed by atoms with Gasteiger partial charge in [-0.1, -0.05) is 18.2 Å². The van der Waals surface area contributed by atoms with E-state index >= 15 is 0 Å². The van der Waals surface area contributed by atoms with Gasteiger partial charge in [0.15, 0.2) is 0 Å². The third kappa shape index (κ3) is 2.72. The van der Waals surface area contributed by atoms with Gasteiger partial charge in [0.05, 0.1) is 16.6 Å². The van der Waals surface area contributed by atoms with Crippen LogP contribution in [0, 0.1) is 6.92 Å². The van der Waals surface area contributed by atoms with Gasteiger partial charge in [-0.05, 0) is 42.3 Å². The summed E-state index contributed by atoms with van der Waals surface area (Å²) in [6.07, 6.45) is -4.39. The van der Waals surface area contributed by atoms with Gasteiger partial charge in [0, 0.05) is 7.05 Å². The maximum atomic E-state index is 12.8. The molecule has 0 fully saturated rings. The predicted octanol–water partition coefficient (Wildman–Crippen LogP) is 3.93. The van der Waals surface area contributed by atoms with Crippen LogP contribution in [0.15, 0.2) is 47.3 Å². The highest BCUT2D eigenvalue weighted by atomic mass is 19.4. The van der Waals surface area contributed by atoms with E-state index in [0.29, 0.717) is 27.9 Å². The first-order valence-electron chi connectivity index (χ1n) is 6.92. The van der Waals surface area contributed by atoms with Crippen molar-refractivity contribution in [1.29, 1.82) is 0 Å². The standard InChI is InChI=1S/C17H13F3N2O/c1-10-16(23)22(2)15-9-12(6-7-14(15)21-10)11-4-3-5-13(8-11)17(18,19)20/h3-9H,1-2H3. The van der Waals surface area contributed by atoms with Crippen molar-refractivity contribution < 1.29 is 13.2 Å². The van der Waals surface area contributed by atoms with Crippen molar-refractivity contribution in [3.8, 4) is 11.1 Å². The molecule has 0 spiro atoms. The predicted molar refractivity (Wildman–Crippen MR) is 82.2 cm³/mol. The minimum atomic E-state index is -4.39. The topological polar surface area (TPSA) is 34.9 Å². The average Bonchev–Trinajstić information content (AvgIpc) is 2.52. The van der Waals surface area contributed by atoms with E-state index in [2.05, 4.69) is 4.98 Å². The molecular formula is C17H13F3N2O. The van der Waals surface area contributed by atoms with Gasteiger partial charge in [0.25, 0.3) is 5.56 Å². The van der Waals surface area contributed by atoms with Gasteiger partial charge in [-0.15, -0.1) is 0 Å². The molecule has 118 valence electrons. The van der Waals surface area contributed by atoms with Crippen LogP contribution in [0.25, 0.3) is 22.2 Å².